The second-order valence-electron chi connectivity index (χ2n) is 10.3. The summed E-state index contributed by atoms with van der Waals surface area (Å²) in [6, 6.07) is 0. The van der Waals surface area contributed by atoms with Crippen LogP contribution in [0.4, 0.5) is 0 Å². The Hall–Kier alpha value is 0.700. The molecule has 1 heterocycles. The zero-order chi connectivity index (χ0) is 26.6. The smallest absolute Gasteiger partial charge is 0.121 e. The van der Waals surface area contributed by atoms with Crippen molar-refractivity contribution >= 4 is 78.1 Å². The van der Waals surface area contributed by atoms with E-state index in [2.05, 4.69) is 54.5 Å². The fourth-order valence-corrected chi connectivity index (χ4v) is 9.74. The van der Waals surface area contributed by atoms with Crippen molar-refractivity contribution in [2.45, 2.75) is 152 Å². The highest BCUT2D eigenvalue weighted by Crippen LogP contribution is 2.46. The fraction of sp³-hybridized carbons (Fsp3) is 0.800. The molecule has 0 saturated heterocycles. The average molecular weight is 695 g/mol. The molecule has 0 aliphatic heterocycles. The second kappa shape index (κ2) is 22.4. The van der Waals surface area contributed by atoms with Gasteiger partial charge in [-0.05, 0) is 56.2 Å². The molecule has 37 heavy (non-hydrogen) atoms. The summed E-state index contributed by atoms with van der Waals surface area (Å²) in [5, 5.41) is 0. The lowest BCUT2D eigenvalue weighted by Crippen LogP contribution is -1.92. The van der Waals surface area contributed by atoms with Crippen molar-refractivity contribution in [1.29, 1.82) is 0 Å². The lowest BCUT2D eigenvalue weighted by molar-refractivity contribution is 0.563. The highest BCUT2D eigenvalue weighted by atomic mass is 79.9. The van der Waals surface area contributed by atoms with Gasteiger partial charge in [0.2, 0.25) is 0 Å². The van der Waals surface area contributed by atoms with E-state index in [0.717, 1.165) is 20.0 Å². The topological polar surface area (TPSA) is 25.8 Å². The first kappa shape index (κ1) is 33.9. The highest BCUT2D eigenvalue weighted by Gasteiger charge is 2.20. The van der Waals surface area contributed by atoms with E-state index in [1.807, 2.05) is 23.5 Å². The minimum atomic E-state index is 1.01. The lowest BCUT2D eigenvalue weighted by atomic mass is 10.1. The molecule has 0 fully saturated rings. The summed E-state index contributed by atoms with van der Waals surface area (Å²) in [4.78, 5) is 2.72. The number of thioether (sulfide) groups is 2. The quantitative estimate of drug-likeness (QED) is 0.0807. The average Bonchev–Trinajstić information content (AvgIpc) is 3.40. The van der Waals surface area contributed by atoms with E-state index in [4.69, 9.17) is 0 Å². The van der Waals surface area contributed by atoms with Crippen molar-refractivity contribution in [1.82, 2.24) is 8.75 Å². The van der Waals surface area contributed by atoms with Gasteiger partial charge in [-0.15, -0.1) is 23.5 Å². The maximum atomic E-state index is 4.58. The molecule has 0 unspecified atom stereocenters. The zero-order valence-corrected chi connectivity index (χ0v) is 29.1. The SMILES string of the molecule is CCCCCCCCCCCCSc1c(SCCCCCCCCCCCC)c(Br)c2nsnc2c1Br. The summed E-state index contributed by atoms with van der Waals surface area (Å²) in [5.74, 6) is 2.35. The number of nitrogens with zero attached hydrogens (tertiary/aromatic N) is 2. The highest BCUT2D eigenvalue weighted by molar-refractivity contribution is 9.11. The molecule has 2 rings (SSSR count). The van der Waals surface area contributed by atoms with Gasteiger partial charge in [-0.2, -0.15) is 8.75 Å². The number of fused-ring (bicyclic) bond motifs is 1. The molecular formula is C30H50Br2N2S3. The van der Waals surface area contributed by atoms with Gasteiger partial charge in [-0.25, -0.2) is 0 Å². The molecular weight excluding hydrogens is 644 g/mol. The fourth-order valence-electron chi connectivity index (χ4n) is 4.68. The van der Waals surface area contributed by atoms with Crippen molar-refractivity contribution in [3.05, 3.63) is 8.95 Å². The first-order valence-corrected chi connectivity index (χ1v) is 19.4. The van der Waals surface area contributed by atoms with Gasteiger partial charge in [0.1, 0.15) is 11.0 Å². The largest absolute Gasteiger partial charge is 0.172 e. The molecule has 0 spiro atoms. The van der Waals surface area contributed by atoms with E-state index in [9.17, 15) is 0 Å². The number of aromatic nitrogens is 2. The van der Waals surface area contributed by atoms with Crippen LogP contribution in [0.15, 0.2) is 18.7 Å². The van der Waals surface area contributed by atoms with Crippen LogP contribution in [0.2, 0.25) is 0 Å². The summed E-state index contributed by atoms with van der Waals surface area (Å²) in [6.07, 6.45) is 27.8. The number of halogens is 2. The Balaban J connectivity index is 1.72. The van der Waals surface area contributed by atoms with Crippen molar-refractivity contribution in [2.24, 2.45) is 0 Å². The molecule has 212 valence electrons. The first-order chi connectivity index (χ1) is 18.2. The summed E-state index contributed by atoms with van der Waals surface area (Å²) in [5.41, 5.74) is 2.01. The Bertz CT molecular complexity index is 778. The van der Waals surface area contributed by atoms with E-state index in [1.54, 1.807) is 0 Å². The minimum absolute atomic E-state index is 1.01. The number of benzene rings is 1. The lowest BCUT2D eigenvalue weighted by Gasteiger charge is -2.14. The van der Waals surface area contributed by atoms with Gasteiger partial charge in [0, 0.05) is 9.79 Å². The van der Waals surface area contributed by atoms with Crippen molar-refractivity contribution in [3.63, 3.8) is 0 Å². The van der Waals surface area contributed by atoms with Crippen LogP contribution in [0.25, 0.3) is 11.0 Å². The van der Waals surface area contributed by atoms with Crippen LogP contribution in [-0.4, -0.2) is 20.3 Å². The van der Waals surface area contributed by atoms with Crippen molar-refractivity contribution in [3.8, 4) is 0 Å². The molecule has 0 N–H and O–H groups in total. The van der Waals surface area contributed by atoms with E-state index in [-0.39, 0.29) is 0 Å². The molecule has 2 aromatic rings. The van der Waals surface area contributed by atoms with Gasteiger partial charge in [0.15, 0.2) is 0 Å². The van der Waals surface area contributed by atoms with Crippen molar-refractivity contribution in [2.75, 3.05) is 11.5 Å². The normalized spacial score (nSPS) is 11.7. The molecule has 0 radical (unpaired) electrons. The van der Waals surface area contributed by atoms with Gasteiger partial charge in [0.25, 0.3) is 0 Å². The predicted octanol–water partition coefficient (Wildman–Crippen LogP) is 13.2. The molecule has 0 aliphatic rings. The Kier molecular flexibility index (Phi) is 20.5. The molecule has 0 aliphatic carbocycles. The zero-order valence-electron chi connectivity index (χ0n) is 23.4. The second-order valence-corrected chi connectivity index (χ2v) is 14.6. The Morgan fingerprint density at radius 2 is 0.784 bits per heavy atom. The summed E-state index contributed by atoms with van der Waals surface area (Å²) >= 11 is 13.1. The number of unbranched alkanes of at least 4 members (excludes halogenated alkanes) is 18. The predicted molar refractivity (Wildman–Crippen MR) is 178 cm³/mol. The van der Waals surface area contributed by atoms with Gasteiger partial charge < -0.3 is 0 Å². The van der Waals surface area contributed by atoms with Crippen LogP contribution in [0, 0.1) is 0 Å². The standard InChI is InChI=1S/C30H50Br2N2S3/c1-3-5-7-9-11-13-15-17-19-21-23-35-29-25(31)27-28(34-37-33-27)26(32)30(29)36-24-22-20-18-16-14-12-10-8-6-4-2/h3-24H2,1-2H3. The monoisotopic (exact) mass is 692 g/mol. The number of rotatable bonds is 24. The van der Waals surface area contributed by atoms with E-state index in [0.29, 0.717) is 0 Å². The summed E-state index contributed by atoms with van der Waals surface area (Å²) in [7, 11) is 0. The third-order valence-corrected chi connectivity index (χ3v) is 12.1. The molecule has 1 aromatic carbocycles. The maximum Gasteiger partial charge on any atom is 0.121 e. The summed E-state index contributed by atoms with van der Waals surface area (Å²) < 4.78 is 11.4. The Morgan fingerprint density at radius 3 is 1.11 bits per heavy atom. The Morgan fingerprint density at radius 1 is 0.486 bits per heavy atom. The van der Waals surface area contributed by atoms with E-state index in [1.165, 1.54) is 161 Å². The first-order valence-electron chi connectivity index (χ1n) is 15.1. The number of hydrogen-bond acceptors (Lipinski definition) is 5. The van der Waals surface area contributed by atoms with Gasteiger partial charge in [-0.1, -0.05) is 129 Å². The molecule has 2 nitrogen and oxygen atoms in total. The molecule has 0 saturated carbocycles. The molecule has 0 bridgehead atoms. The van der Waals surface area contributed by atoms with Crippen molar-refractivity contribution < 1.29 is 0 Å². The van der Waals surface area contributed by atoms with Gasteiger partial charge in [-0.3, -0.25) is 0 Å². The summed E-state index contributed by atoms with van der Waals surface area (Å²) in [6.45, 7) is 4.59. The van der Waals surface area contributed by atoms with Gasteiger partial charge in [0.05, 0.1) is 20.7 Å². The minimum Gasteiger partial charge on any atom is -0.172 e. The molecule has 0 amide bonds. The van der Waals surface area contributed by atoms with Gasteiger partial charge >= 0.3 is 0 Å². The van der Waals surface area contributed by atoms with Crippen LogP contribution in [0.1, 0.15) is 142 Å². The van der Waals surface area contributed by atoms with Crippen LogP contribution < -0.4 is 0 Å². The van der Waals surface area contributed by atoms with Crippen LogP contribution in [0.5, 0.6) is 0 Å². The van der Waals surface area contributed by atoms with Crippen LogP contribution in [0.3, 0.4) is 0 Å². The third kappa shape index (κ3) is 13.7. The van der Waals surface area contributed by atoms with E-state index >= 15 is 0 Å². The maximum absolute atomic E-state index is 4.58. The molecule has 1 aromatic heterocycles. The van der Waals surface area contributed by atoms with E-state index < -0.39 is 0 Å². The van der Waals surface area contributed by atoms with Crippen LogP contribution >= 0.6 is 67.1 Å². The molecule has 0 atom stereocenters. The third-order valence-electron chi connectivity index (χ3n) is 7.00. The number of hydrogen-bond donors (Lipinski definition) is 0. The Labute approximate surface area is 257 Å². The van der Waals surface area contributed by atoms with Crippen LogP contribution in [-0.2, 0) is 0 Å². The molecule has 7 heteroatoms.